The lowest BCUT2D eigenvalue weighted by atomic mass is 10.1. The summed E-state index contributed by atoms with van der Waals surface area (Å²) in [5, 5.41) is 10.7. The van der Waals surface area contributed by atoms with E-state index in [2.05, 4.69) is 18.7 Å². The third-order valence-electron chi connectivity index (χ3n) is 3.06. The van der Waals surface area contributed by atoms with Crippen LogP contribution in [0, 0.1) is 0 Å². The van der Waals surface area contributed by atoms with Crippen LogP contribution in [0.5, 0.6) is 0 Å². The van der Waals surface area contributed by atoms with Gasteiger partial charge in [0.1, 0.15) is 0 Å². The molecule has 1 N–H and O–H groups in total. The molecule has 0 aromatic carbocycles. The van der Waals surface area contributed by atoms with Crippen LogP contribution in [0.1, 0.15) is 24.3 Å². The summed E-state index contributed by atoms with van der Waals surface area (Å²) in [6.07, 6.45) is 2.86. The zero-order valence-electron chi connectivity index (χ0n) is 11.3. The Morgan fingerprint density at radius 3 is 3.11 bits per heavy atom. The van der Waals surface area contributed by atoms with Gasteiger partial charge in [0, 0.05) is 30.6 Å². The monoisotopic (exact) mass is 281 g/mol. The fraction of sp³-hybridized carbons (Fsp3) is 0.500. The smallest absolute Gasteiger partial charge is 0.328 e. The number of hydrogen-bond donors (Lipinski definition) is 1. The minimum Gasteiger partial charge on any atom is -0.478 e. The van der Waals surface area contributed by atoms with E-state index in [1.807, 2.05) is 11.4 Å². The molecule has 0 radical (unpaired) electrons. The Morgan fingerprint density at radius 1 is 1.63 bits per heavy atom. The van der Waals surface area contributed by atoms with E-state index < -0.39 is 5.97 Å². The van der Waals surface area contributed by atoms with Crippen LogP contribution in [-0.2, 0) is 16.1 Å². The summed E-state index contributed by atoms with van der Waals surface area (Å²) in [6, 6.07) is 1.96. The van der Waals surface area contributed by atoms with Crippen molar-refractivity contribution in [1.29, 1.82) is 0 Å². The van der Waals surface area contributed by atoms with Crippen molar-refractivity contribution in [3.63, 3.8) is 0 Å². The molecule has 1 saturated heterocycles. The topological polar surface area (TPSA) is 49.8 Å². The van der Waals surface area contributed by atoms with Gasteiger partial charge in [-0.15, -0.1) is 11.3 Å². The molecule has 0 spiro atoms. The fourth-order valence-electron chi connectivity index (χ4n) is 2.24. The predicted octanol–water partition coefficient (Wildman–Crippen LogP) is 2.46. The molecule has 2 rings (SSSR count). The van der Waals surface area contributed by atoms with Gasteiger partial charge in [-0.3, -0.25) is 4.90 Å². The predicted molar refractivity (Wildman–Crippen MR) is 76.3 cm³/mol. The Hall–Kier alpha value is -1.17. The highest BCUT2D eigenvalue weighted by atomic mass is 32.1. The van der Waals surface area contributed by atoms with Crippen LogP contribution in [0.3, 0.4) is 0 Å². The summed E-state index contributed by atoms with van der Waals surface area (Å²) in [7, 11) is 0. The second-order valence-corrected chi connectivity index (χ2v) is 6.29. The molecule has 0 bridgehead atoms. The van der Waals surface area contributed by atoms with Crippen LogP contribution in [0.25, 0.3) is 6.08 Å². The van der Waals surface area contributed by atoms with Crippen molar-refractivity contribution in [3.8, 4) is 0 Å². The maximum Gasteiger partial charge on any atom is 0.328 e. The Morgan fingerprint density at radius 2 is 2.42 bits per heavy atom. The molecule has 19 heavy (non-hydrogen) atoms. The van der Waals surface area contributed by atoms with Gasteiger partial charge in [0.15, 0.2) is 0 Å². The standard InChI is InChI=1S/C14H19NO3S/c1-14(2)10-15(6-7-18-14)9-12-11(5-8-19-12)3-4-13(16)17/h3-5,8H,6-7,9-10H2,1-2H3,(H,16,17). The van der Waals surface area contributed by atoms with Crippen LogP contribution in [-0.4, -0.2) is 41.3 Å². The zero-order chi connectivity index (χ0) is 13.9. The van der Waals surface area contributed by atoms with Gasteiger partial charge in [0.05, 0.1) is 12.2 Å². The average molecular weight is 281 g/mol. The number of thiophene rings is 1. The van der Waals surface area contributed by atoms with Crippen molar-refractivity contribution in [2.45, 2.75) is 26.0 Å². The molecule has 1 aromatic rings. The molecule has 1 aromatic heterocycles. The molecule has 0 saturated carbocycles. The first-order chi connectivity index (χ1) is 8.96. The fourth-order valence-corrected chi connectivity index (χ4v) is 3.15. The molecule has 0 aliphatic carbocycles. The molecular formula is C14H19NO3S. The molecular weight excluding hydrogens is 262 g/mol. The third kappa shape index (κ3) is 4.16. The average Bonchev–Trinajstić information content (AvgIpc) is 2.72. The minimum absolute atomic E-state index is 0.105. The lowest BCUT2D eigenvalue weighted by molar-refractivity contribution is -0.131. The van der Waals surface area contributed by atoms with E-state index in [9.17, 15) is 4.79 Å². The molecule has 1 aliphatic rings. The van der Waals surface area contributed by atoms with E-state index in [4.69, 9.17) is 9.84 Å². The van der Waals surface area contributed by atoms with Crippen molar-refractivity contribution in [2.75, 3.05) is 19.7 Å². The number of carbonyl (C=O) groups is 1. The number of carboxylic acid groups (broad SMARTS) is 1. The number of ether oxygens (including phenoxy) is 1. The summed E-state index contributed by atoms with van der Waals surface area (Å²) in [5.41, 5.74) is 0.892. The minimum atomic E-state index is -0.912. The quantitative estimate of drug-likeness (QED) is 0.861. The molecule has 1 aliphatic heterocycles. The summed E-state index contributed by atoms with van der Waals surface area (Å²) in [4.78, 5) is 14.1. The van der Waals surface area contributed by atoms with E-state index in [1.165, 1.54) is 11.0 Å². The highest BCUT2D eigenvalue weighted by molar-refractivity contribution is 7.10. The van der Waals surface area contributed by atoms with Gasteiger partial charge in [0.25, 0.3) is 0 Å². The number of rotatable bonds is 4. The van der Waals surface area contributed by atoms with E-state index in [-0.39, 0.29) is 5.60 Å². The van der Waals surface area contributed by atoms with Crippen LogP contribution < -0.4 is 0 Å². The number of nitrogens with zero attached hydrogens (tertiary/aromatic N) is 1. The second-order valence-electron chi connectivity index (χ2n) is 5.29. The van der Waals surface area contributed by atoms with Crippen LogP contribution in [0.4, 0.5) is 0 Å². The zero-order valence-corrected chi connectivity index (χ0v) is 12.1. The normalized spacial score (nSPS) is 19.9. The lowest BCUT2D eigenvalue weighted by Gasteiger charge is -2.38. The third-order valence-corrected chi connectivity index (χ3v) is 3.98. The summed E-state index contributed by atoms with van der Waals surface area (Å²) < 4.78 is 5.69. The number of morpholine rings is 1. The van der Waals surface area contributed by atoms with E-state index in [1.54, 1.807) is 17.4 Å². The molecule has 0 amide bonds. The first-order valence-corrected chi connectivity index (χ1v) is 7.18. The van der Waals surface area contributed by atoms with Gasteiger partial charge in [-0.2, -0.15) is 0 Å². The largest absolute Gasteiger partial charge is 0.478 e. The van der Waals surface area contributed by atoms with E-state index in [0.717, 1.165) is 31.8 Å². The van der Waals surface area contributed by atoms with E-state index >= 15 is 0 Å². The molecule has 4 nitrogen and oxygen atoms in total. The summed E-state index contributed by atoms with van der Waals surface area (Å²) in [6.45, 7) is 7.61. The molecule has 2 heterocycles. The van der Waals surface area contributed by atoms with Crippen molar-refractivity contribution >= 4 is 23.4 Å². The SMILES string of the molecule is CC1(C)CN(Cc2sccc2C=CC(=O)O)CCO1. The highest BCUT2D eigenvalue weighted by Crippen LogP contribution is 2.23. The second kappa shape index (κ2) is 5.86. The van der Waals surface area contributed by atoms with Crippen molar-refractivity contribution in [1.82, 2.24) is 4.90 Å². The number of carboxylic acids is 1. The van der Waals surface area contributed by atoms with Crippen molar-refractivity contribution in [2.24, 2.45) is 0 Å². The summed E-state index contributed by atoms with van der Waals surface area (Å²) in [5.74, 6) is -0.912. The Labute approximate surface area is 117 Å². The van der Waals surface area contributed by atoms with Gasteiger partial charge < -0.3 is 9.84 Å². The number of aliphatic carboxylic acids is 1. The highest BCUT2D eigenvalue weighted by Gasteiger charge is 2.27. The van der Waals surface area contributed by atoms with Crippen molar-refractivity contribution in [3.05, 3.63) is 28.0 Å². The Kier molecular flexibility index (Phi) is 4.39. The number of hydrogen-bond acceptors (Lipinski definition) is 4. The summed E-state index contributed by atoms with van der Waals surface area (Å²) >= 11 is 1.67. The maximum atomic E-state index is 10.6. The molecule has 1 fully saturated rings. The first kappa shape index (κ1) is 14.2. The van der Waals surface area contributed by atoms with E-state index in [0.29, 0.717) is 0 Å². The van der Waals surface area contributed by atoms with Gasteiger partial charge in [-0.05, 0) is 36.9 Å². The lowest BCUT2D eigenvalue weighted by Crippen LogP contribution is -2.47. The Bertz CT molecular complexity index is 479. The maximum absolute atomic E-state index is 10.6. The van der Waals surface area contributed by atoms with Gasteiger partial charge in [-0.25, -0.2) is 4.79 Å². The van der Waals surface area contributed by atoms with Gasteiger partial charge in [0.2, 0.25) is 0 Å². The van der Waals surface area contributed by atoms with Gasteiger partial charge in [-0.1, -0.05) is 0 Å². The first-order valence-electron chi connectivity index (χ1n) is 6.30. The van der Waals surface area contributed by atoms with Crippen LogP contribution >= 0.6 is 11.3 Å². The Balaban J connectivity index is 2.03. The van der Waals surface area contributed by atoms with Crippen LogP contribution in [0.15, 0.2) is 17.5 Å². The van der Waals surface area contributed by atoms with Crippen LogP contribution in [0.2, 0.25) is 0 Å². The molecule has 5 heteroatoms. The molecule has 104 valence electrons. The molecule has 0 atom stereocenters. The van der Waals surface area contributed by atoms with Gasteiger partial charge >= 0.3 is 5.97 Å². The molecule has 0 unspecified atom stereocenters. The van der Waals surface area contributed by atoms with Crippen molar-refractivity contribution < 1.29 is 14.6 Å².